The maximum atomic E-state index is 12.1. The Morgan fingerprint density at radius 2 is 1.76 bits per heavy atom. The van der Waals surface area contributed by atoms with Gasteiger partial charge in [-0.15, -0.1) is 0 Å². The summed E-state index contributed by atoms with van der Waals surface area (Å²) in [6, 6.07) is -0.287. The predicted molar refractivity (Wildman–Crippen MR) is 66.6 cm³/mol. The third-order valence-corrected chi connectivity index (χ3v) is 3.14. The fourth-order valence-corrected chi connectivity index (χ4v) is 1.99. The molecule has 5 nitrogen and oxygen atoms in total. The summed E-state index contributed by atoms with van der Waals surface area (Å²) < 4.78 is 0. The van der Waals surface area contributed by atoms with Crippen molar-refractivity contribution < 1.29 is 9.59 Å². The maximum Gasteiger partial charge on any atom is 0.239 e. The lowest BCUT2D eigenvalue weighted by Crippen LogP contribution is -2.47. The summed E-state index contributed by atoms with van der Waals surface area (Å²) >= 11 is 0. The second-order valence-electron chi connectivity index (χ2n) is 4.52. The van der Waals surface area contributed by atoms with Crippen molar-refractivity contribution >= 4 is 11.8 Å². The van der Waals surface area contributed by atoms with Crippen molar-refractivity contribution in [2.24, 2.45) is 0 Å². The molecule has 1 atom stereocenters. The molecule has 1 heterocycles. The van der Waals surface area contributed by atoms with Gasteiger partial charge in [0.05, 0.1) is 12.6 Å². The molecule has 1 rings (SSSR count). The third-order valence-electron chi connectivity index (χ3n) is 3.14. The van der Waals surface area contributed by atoms with Crippen LogP contribution in [-0.4, -0.2) is 49.4 Å². The van der Waals surface area contributed by atoms with E-state index in [9.17, 15) is 9.59 Å². The van der Waals surface area contributed by atoms with Gasteiger partial charge in [0, 0.05) is 20.1 Å². The van der Waals surface area contributed by atoms with Crippen LogP contribution in [0.1, 0.15) is 32.6 Å². The molecule has 0 aromatic heterocycles. The van der Waals surface area contributed by atoms with Crippen LogP contribution in [0.2, 0.25) is 0 Å². The number of likely N-dealkylation sites (N-methyl/N-ethyl adjacent to an activating group) is 1. The highest BCUT2D eigenvalue weighted by Crippen LogP contribution is 2.10. The fourth-order valence-electron chi connectivity index (χ4n) is 1.99. The number of nitrogens with zero attached hydrogens (tertiary/aromatic N) is 1. The molecule has 0 aromatic carbocycles. The van der Waals surface area contributed by atoms with Crippen LogP contribution in [0.15, 0.2) is 0 Å². The van der Waals surface area contributed by atoms with E-state index in [-0.39, 0.29) is 24.4 Å². The molecule has 1 saturated heterocycles. The van der Waals surface area contributed by atoms with Crippen molar-refractivity contribution in [3.63, 3.8) is 0 Å². The quantitative estimate of drug-likeness (QED) is 0.734. The first-order valence-corrected chi connectivity index (χ1v) is 6.38. The summed E-state index contributed by atoms with van der Waals surface area (Å²) in [7, 11) is 1.59. The largest absolute Gasteiger partial charge is 0.358 e. The SMILES string of the molecule is CNC(=O)CNC(C)C(=O)N1CCCCCC1. The monoisotopic (exact) mass is 241 g/mol. The van der Waals surface area contributed by atoms with E-state index in [2.05, 4.69) is 10.6 Å². The van der Waals surface area contributed by atoms with Crippen LogP contribution in [0, 0.1) is 0 Å². The Bertz CT molecular complexity index is 260. The zero-order valence-electron chi connectivity index (χ0n) is 10.8. The lowest BCUT2D eigenvalue weighted by atomic mass is 10.2. The van der Waals surface area contributed by atoms with Gasteiger partial charge in [-0.2, -0.15) is 0 Å². The smallest absolute Gasteiger partial charge is 0.239 e. The minimum absolute atomic E-state index is 0.0967. The number of carbonyl (C=O) groups is 2. The van der Waals surface area contributed by atoms with Gasteiger partial charge >= 0.3 is 0 Å². The summed E-state index contributed by atoms with van der Waals surface area (Å²) in [5, 5.41) is 5.47. The van der Waals surface area contributed by atoms with E-state index >= 15 is 0 Å². The second-order valence-corrected chi connectivity index (χ2v) is 4.52. The van der Waals surface area contributed by atoms with Gasteiger partial charge in [0.25, 0.3) is 0 Å². The number of carbonyl (C=O) groups excluding carboxylic acids is 2. The minimum atomic E-state index is -0.287. The van der Waals surface area contributed by atoms with Crippen molar-refractivity contribution in [2.75, 3.05) is 26.7 Å². The average Bonchev–Trinajstić information content (AvgIpc) is 2.63. The third kappa shape index (κ3) is 4.73. The molecule has 1 fully saturated rings. The van der Waals surface area contributed by atoms with Crippen LogP contribution in [0.25, 0.3) is 0 Å². The Morgan fingerprint density at radius 3 is 2.29 bits per heavy atom. The first-order valence-electron chi connectivity index (χ1n) is 6.38. The van der Waals surface area contributed by atoms with E-state index in [4.69, 9.17) is 0 Å². The number of likely N-dealkylation sites (tertiary alicyclic amines) is 1. The van der Waals surface area contributed by atoms with Crippen LogP contribution in [0.4, 0.5) is 0 Å². The first kappa shape index (κ1) is 14.0. The molecule has 2 N–H and O–H groups in total. The van der Waals surface area contributed by atoms with Gasteiger partial charge < -0.3 is 10.2 Å². The van der Waals surface area contributed by atoms with Gasteiger partial charge in [0.1, 0.15) is 0 Å². The Labute approximate surface area is 103 Å². The van der Waals surface area contributed by atoms with Crippen LogP contribution in [0.3, 0.4) is 0 Å². The lowest BCUT2D eigenvalue weighted by molar-refractivity contribution is -0.133. The first-order chi connectivity index (χ1) is 8.15. The van der Waals surface area contributed by atoms with E-state index < -0.39 is 0 Å². The second kappa shape index (κ2) is 7.27. The molecular weight excluding hydrogens is 218 g/mol. The van der Waals surface area contributed by atoms with Gasteiger partial charge in [-0.25, -0.2) is 0 Å². The normalized spacial score (nSPS) is 18.4. The Balaban J connectivity index is 2.36. The number of nitrogens with one attached hydrogen (secondary N) is 2. The van der Waals surface area contributed by atoms with Crippen molar-refractivity contribution in [3.8, 4) is 0 Å². The van der Waals surface area contributed by atoms with E-state index in [0.29, 0.717) is 0 Å². The Kier molecular flexibility index (Phi) is 5.97. The molecule has 2 amide bonds. The van der Waals surface area contributed by atoms with Gasteiger partial charge in [-0.05, 0) is 19.8 Å². The summed E-state index contributed by atoms with van der Waals surface area (Å²) in [6.45, 7) is 3.71. The van der Waals surface area contributed by atoms with Crippen LogP contribution >= 0.6 is 0 Å². The Hall–Kier alpha value is -1.10. The zero-order valence-corrected chi connectivity index (χ0v) is 10.8. The van der Waals surface area contributed by atoms with E-state index in [1.165, 1.54) is 12.8 Å². The lowest BCUT2D eigenvalue weighted by Gasteiger charge is -2.24. The topological polar surface area (TPSA) is 61.4 Å². The number of amides is 2. The minimum Gasteiger partial charge on any atom is -0.358 e. The van der Waals surface area contributed by atoms with Crippen molar-refractivity contribution in [1.29, 1.82) is 0 Å². The molecule has 1 unspecified atom stereocenters. The highest BCUT2D eigenvalue weighted by atomic mass is 16.2. The van der Waals surface area contributed by atoms with E-state index in [1.807, 2.05) is 11.8 Å². The predicted octanol–water partition coefficient (Wildman–Crippen LogP) is 0.113. The number of rotatable bonds is 4. The Morgan fingerprint density at radius 1 is 1.18 bits per heavy atom. The van der Waals surface area contributed by atoms with Crippen LogP contribution < -0.4 is 10.6 Å². The van der Waals surface area contributed by atoms with Crippen LogP contribution in [0.5, 0.6) is 0 Å². The molecular formula is C12H23N3O2. The molecule has 98 valence electrons. The summed E-state index contributed by atoms with van der Waals surface area (Å²) in [6.07, 6.45) is 4.61. The molecule has 0 aromatic rings. The molecule has 0 spiro atoms. The standard InChI is InChI=1S/C12H23N3O2/c1-10(14-9-11(16)13-2)12(17)15-7-5-3-4-6-8-15/h10,14H,3-9H2,1-2H3,(H,13,16). The average molecular weight is 241 g/mol. The highest BCUT2D eigenvalue weighted by molar-refractivity contribution is 5.83. The van der Waals surface area contributed by atoms with E-state index in [0.717, 1.165) is 25.9 Å². The van der Waals surface area contributed by atoms with Crippen molar-refractivity contribution in [1.82, 2.24) is 15.5 Å². The number of hydrogen-bond donors (Lipinski definition) is 2. The van der Waals surface area contributed by atoms with Gasteiger partial charge in [0.2, 0.25) is 11.8 Å². The summed E-state index contributed by atoms with van der Waals surface area (Å²) in [5.41, 5.74) is 0. The summed E-state index contributed by atoms with van der Waals surface area (Å²) in [5.74, 6) is 0.0105. The molecule has 0 radical (unpaired) electrons. The zero-order chi connectivity index (χ0) is 12.7. The molecule has 0 aliphatic carbocycles. The van der Waals surface area contributed by atoms with Crippen molar-refractivity contribution in [2.45, 2.75) is 38.6 Å². The summed E-state index contributed by atoms with van der Waals surface area (Å²) in [4.78, 5) is 25.1. The molecule has 0 bridgehead atoms. The van der Waals surface area contributed by atoms with Gasteiger partial charge in [-0.1, -0.05) is 12.8 Å². The highest BCUT2D eigenvalue weighted by Gasteiger charge is 2.21. The van der Waals surface area contributed by atoms with Gasteiger partial charge in [0.15, 0.2) is 0 Å². The van der Waals surface area contributed by atoms with E-state index in [1.54, 1.807) is 7.05 Å². The maximum absolute atomic E-state index is 12.1. The molecule has 5 heteroatoms. The molecule has 0 saturated carbocycles. The molecule has 1 aliphatic rings. The van der Waals surface area contributed by atoms with Gasteiger partial charge in [-0.3, -0.25) is 14.9 Å². The number of hydrogen-bond acceptors (Lipinski definition) is 3. The van der Waals surface area contributed by atoms with Crippen molar-refractivity contribution in [3.05, 3.63) is 0 Å². The molecule has 1 aliphatic heterocycles. The molecule has 17 heavy (non-hydrogen) atoms. The van der Waals surface area contributed by atoms with Crippen LogP contribution in [-0.2, 0) is 9.59 Å². The fraction of sp³-hybridized carbons (Fsp3) is 0.833.